The molecule has 0 saturated heterocycles. The number of carbonyl (C=O) groups excluding carboxylic acids is 1. The Hall–Kier alpha value is -3.54. The summed E-state index contributed by atoms with van der Waals surface area (Å²) in [5.41, 5.74) is 3.01. The van der Waals surface area contributed by atoms with E-state index in [0.29, 0.717) is 17.1 Å². The first kappa shape index (κ1) is 17.3. The summed E-state index contributed by atoms with van der Waals surface area (Å²) in [6, 6.07) is 18.3. The molecule has 3 aromatic rings. The van der Waals surface area contributed by atoms with Crippen LogP contribution in [0.5, 0.6) is 17.2 Å². The van der Waals surface area contributed by atoms with Gasteiger partial charge in [-0.05, 0) is 35.2 Å². The van der Waals surface area contributed by atoms with Crippen molar-refractivity contribution in [3.63, 3.8) is 0 Å². The van der Waals surface area contributed by atoms with Crippen molar-refractivity contribution in [2.45, 2.75) is 0 Å². The van der Waals surface area contributed by atoms with Crippen LogP contribution in [0.15, 0.2) is 65.8 Å². The second-order valence-electron chi connectivity index (χ2n) is 5.49. The summed E-state index contributed by atoms with van der Waals surface area (Å²) in [6.45, 7) is -0.154. The van der Waals surface area contributed by atoms with E-state index in [1.807, 2.05) is 42.5 Å². The van der Waals surface area contributed by atoms with Crippen LogP contribution in [0, 0.1) is 0 Å². The number of phenols is 1. The summed E-state index contributed by atoms with van der Waals surface area (Å²) >= 11 is 0. The minimum atomic E-state index is -0.382. The first-order valence-corrected chi connectivity index (χ1v) is 7.97. The minimum Gasteiger partial charge on any atom is -0.504 e. The van der Waals surface area contributed by atoms with Gasteiger partial charge in [0.25, 0.3) is 5.91 Å². The molecule has 0 aromatic heterocycles. The number of carbonyl (C=O) groups is 1. The highest BCUT2D eigenvalue weighted by Gasteiger charge is 2.05. The van der Waals surface area contributed by atoms with Crippen LogP contribution in [0.3, 0.4) is 0 Å². The van der Waals surface area contributed by atoms with Crippen molar-refractivity contribution in [1.82, 2.24) is 5.43 Å². The van der Waals surface area contributed by atoms with Gasteiger partial charge < -0.3 is 14.6 Å². The lowest BCUT2D eigenvalue weighted by Crippen LogP contribution is -2.24. The topological polar surface area (TPSA) is 80.2 Å². The monoisotopic (exact) mass is 350 g/mol. The summed E-state index contributed by atoms with van der Waals surface area (Å²) in [5, 5.41) is 15.5. The Kier molecular flexibility index (Phi) is 5.34. The summed E-state index contributed by atoms with van der Waals surface area (Å²) in [4.78, 5) is 11.9. The summed E-state index contributed by atoms with van der Waals surface area (Å²) in [6.07, 6.45) is 1.43. The van der Waals surface area contributed by atoms with E-state index in [1.165, 1.54) is 19.4 Å². The number of hydrogen-bond donors (Lipinski definition) is 2. The van der Waals surface area contributed by atoms with Gasteiger partial charge in [-0.2, -0.15) is 5.10 Å². The number of amides is 1. The molecule has 0 heterocycles. The molecule has 0 spiro atoms. The van der Waals surface area contributed by atoms with Crippen molar-refractivity contribution in [3.05, 3.63) is 66.2 Å². The molecule has 0 bridgehead atoms. The summed E-state index contributed by atoms with van der Waals surface area (Å²) in [5.74, 6) is 0.631. The van der Waals surface area contributed by atoms with Gasteiger partial charge in [-0.3, -0.25) is 4.79 Å². The van der Waals surface area contributed by atoms with E-state index in [9.17, 15) is 9.90 Å². The molecule has 6 nitrogen and oxygen atoms in total. The van der Waals surface area contributed by atoms with Gasteiger partial charge in [-0.25, -0.2) is 5.43 Å². The van der Waals surface area contributed by atoms with Crippen molar-refractivity contribution < 1.29 is 19.4 Å². The first-order valence-electron chi connectivity index (χ1n) is 7.97. The predicted molar refractivity (Wildman–Crippen MR) is 99.8 cm³/mol. The quantitative estimate of drug-likeness (QED) is 0.529. The fourth-order valence-electron chi connectivity index (χ4n) is 2.46. The molecule has 0 atom stereocenters. The Balaban J connectivity index is 1.56. The van der Waals surface area contributed by atoms with E-state index < -0.39 is 0 Å². The van der Waals surface area contributed by atoms with Crippen molar-refractivity contribution in [2.75, 3.05) is 13.7 Å². The van der Waals surface area contributed by atoms with Crippen LogP contribution in [0.1, 0.15) is 5.56 Å². The molecule has 0 aliphatic carbocycles. The fourth-order valence-corrected chi connectivity index (χ4v) is 2.46. The average molecular weight is 350 g/mol. The first-order chi connectivity index (χ1) is 12.7. The zero-order valence-corrected chi connectivity index (χ0v) is 14.2. The second-order valence-corrected chi connectivity index (χ2v) is 5.49. The average Bonchev–Trinajstić information content (AvgIpc) is 2.66. The van der Waals surface area contributed by atoms with E-state index in [-0.39, 0.29) is 18.3 Å². The zero-order valence-electron chi connectivity index (χ0n) is 14.2. The van der Waals surface area contributed by atoms with Crippen molar-refractivity contribution in [1.29, 1.82) is 0 Å². The van der Waals surface area contributed by atoms with E-state index >= 15 is 0 Å². The van der Waals surface area contributed by atoms with Crippen molar-refractivity contribution in [2.24, 2.45) is 5.10 Å². The van der Waals surface area contributed by atoms with Gasteiger partial charge in [0.2, 0.25) is 0 Å². The SMILES string of the molecule is COc1ccc(/C=N\NC(=O)COc2cccc3ccccc23)cc1O. The van der Waals surface area contributed by atoms with Crippen LogP contribution in [-0.4, -0.2) is 30.9 Å². The predicted octanol–water partition coefficient (Wildman–Crippen LogP) is 3.08. The van der Waals surface area contributed by atoms with Gasteiger partial charge in [-0.15, -0.1) is 0 Å². The zero-order chi connectivity index (χ0) is 18.4. The van der Waals surface area contributed by atoms with E-state index in [0.717, 1.165) is 10.8 Å². The molecule has 0 saturated carbocycles. The van der Waals surface area contributed by atoms with E-state index in [4.69, 9.17) is 9.47 Å². The standard InChI is InChI=1S/C20H18N2O4/c1-25-19-10-9-14(11-17(19)23)12-21-22-20(24)13-26-18-8-4-6-15-5-2-3-7-16(15)18/h2-12,23H,13H2,1H3,(H,22,24)/b21-12-. The number of fused-ring (bicyclic) bond motifs is 1. The maximum atomic E-state index is 11.9. The number of aromatic hydroxyl groups is 1. The lowest BCUT2D eigenvalue weighted by Gasteiger charge is -2.08. The fraction of sp³-hybridized carbons (Fsp3) is 0.100. The molecular weight excluding hydrogens is 332 g/mol. The van der Waals surface area contributed by atoms with E-state index in [2.05, 4.69) is 10.5 Å². The molecule has 0 radical (unpaired) electrons. The number of methoxy groups -OCH3 is 1. The highest BCUT2D eigenvalue weighted by molar-refractivity contribution is 5.89. The Bertz CT molecular complexity index is 948. The number of benzene rings is 3. The van der Waals surface area contributed by atoms with Gasteiger partial charge in [0, 0.05) is 5.39 Å². The molecule has 3 rings (SSSR count). The number of ether oxygens (including phenoxy) is 2. The van der Waals surface area contributed by atoms with Crippen molar-refractivity contribution in [3.8, 4) is 17.2 Å². The van der Waals surface area contributed by atoms with Crippen LogP contribution in [0.25, 0.3) is 10.8 Å². The third-order valence-electron chi connectivity index (χ3n) is 3.71. The van der Waals surface area contributed by atoms with Crippen LogP contribution in [-0.2, 0) is 4.79 Å². The molecule has 0 aliphatic heterocycles. The Morgan fingerprint density at radius 2 is 1.92 bits per heavy atom. The normalized spacial score (nSPS) is 10.8. The van der Waals surface area contributed by atoms with Crippen molar-refractivity contribution >= 4 is 22.9 Å². The highest BCUT2D eigenvalue weighted by atomic mass is 16.5. The molecule has 0 fully saturated rings. The molecular formula is C20H18N2O4. The number of hydrogen-bond acceptors (Lipinski definition) is 5. The third kappa shape index (κ3) is 4.10. The lowest BCUT2D eigenvalue weighted by atomic mass is 10.1. The molecule has 0 unspecified atom stereocenters. The Morgan fingerprint density at radius 1 is 1.12 bits per heavy atom. The summed E-state index contributed by atoms with van der Waals surface area (Å²) < 4.78 is 10.6. The molecule has 0 aliphatic rings. The lowest BCUT2D eigenvalue weighted by molar-refractivity contribution is -0.123. The Morgan fingerprint density at radius 3 is 2.73 bits per heavy atom. The van der Waals surface area contributed by atoms with Crippen LogP contribution in [0.4, 0.5) is 0 Å². The minimum absolute atomic E-state index is 0.00191. The third-order valence-corrected chi connectivity index (χ3v) is 3.71. The molecule has 1 amide bonds. The molecule has 132 valence electrons. The van der Waals surface area contributed by atoms with Crippen LogP contribution in [0.2, 0.25) is 0 Å². The molecule has 6 heteroatoms. The number of hydrazone groups is 1. The van der Waals surface area contributed by atoms with Gasteiger partial charge in [-0.1, -0.05) is 36.4 Å². The van der Waals surface area contributed by atoms with Crippen LogP contribution < -0.4 is 14.9 Å². The van der Waals surface area contributed by atoms with Gasteiger partial charge in [0.1, 0.15) is 5.75 Å². The highest BCUT2D eigenvalue weighted by Crippen LogP contribution is 2.26. The second kappa shape index (κ2) is 8.02. The van der Waals surface area contributed by atoms with Gasteiger partial charge >= 0.3 is 0 Å². The maximum absolute atomic E-state index is 11.9. The van der Waals surface area contributed by atoms with Crippen LogP contribution >= 0.6 is 0 Å². The number of nitrogens with zero attached hydrogens (tertiary/aromatic N) is 1. The van der Waals surface area contributed by atoms with E-state index in [1.54, 1.807) is 12.1 Å². The maximum Gasteiger partial charge on any atom is 0.277 e. The number of rotatable bonds is 6. The number of phenolic OH excluding ortho intramolecular Hbond substituents is 1. The number of nitrogens with one attached hydrogen (secondary N) is 1. The largest absolute Gasteiger partial charge is 0.504 e. The summed E-state index contributed by atoms with van der Waals surface area (Å²) in [7, 11) is 1.47. The Labute approximate surface area is 150 Å². The van der Waals surface area contributed by atoms with Gasteiger partial charge in [0.05, 0.1) is 13.3 Å². The smallest absolute Gasteiger partial charge is 0.277 e. The molecule has 3 aromatic carbocycles. The molecule has 26 heavy (non-hydrogen) atoms. The molecule has 2 N–H and O–H groups in total. The van der Waals surface area contributed by atoms with Gasteiger partial charge in [0.15, 0.2) is 18.1 Å².